The molecule has 0 bridgehead atoms. The van der Waals surface area contributed by atoms with E-state index in [2.05, 4.69) is 5.10 Å². The Labute approximate surface area is 155 Å². The fourth-order valence-electron chi connectivity index (χ4n) is 3.47. The zero-order valence-corrected chi connectivity index (χ0v) is 15.3. The molecule has 0 N–H and O–H groups in total. The van der Waals surface area contributed by atoms with Gasteiger partial charge in [0.2, 0.25) is 5.91 Å². The van der Waals surface area contributed by atoms with Crippen molar-refractivity contribution in [3.8, 4) is 0 Å². The van der Waals surface area contributed by atoms with Crippen LogP contribution in [-0.2, 0) is 22.4 Å². The summed E-state index contributed by atoms with van der Waals surface area (Å²) in [4.78, 5) is 24.3. The molecule has 146 valence electrons. The van der Waals surface area contributed by atoms with E-state index in [-0.39, 0.29) is 25.0 Å². The van der Waals surface area contributed by atoms with Crippen LogP contribution in [0.15, 0.2) is 23.3 Å². The highest BCUT2D eigenvalue weighted by Gasteiger charge is 2.42. The Morgan fingerprint density at radius 1 is 1.07 bits per heavy atom. The molecule has 2 aliphatic heterocycles. The van der Waals surface area contributed by atoms with Crippen molar-refractivity contribution < 1.29 is 22.8 Å². The number of nitrogens with zero attached hydrogens (tertiary/aromatic N) is 3. The van der Waals surface area contributed by atoms with Gasteiger partial charge in [0.15, 0.2) is 0 Å². The summed E-state index contributed by atoms with van der Waals surface area (Å²) in [5.74, 6) is -1.79. The first kappa shape index (κ1) is 19.4. The molecule has 1 aromatic carbocycles. The van der Waals surface area contributed by atoms with Crippen LogP contribution in [0.5, 0.6) is 0 Å². The number of benzene rings is 1. The van der Waals surface area contributed by atoms with Crippen LogP contribution >= 0.6 is 0 Å². The molecule has 0 atom stereocenters. The predicted octanol–water partition coefficient (Wildman–Crippen LogP) is 2.91. The van der Waals surface area contributed by atoms with Crippen LogP contribution < -0.4 is 0 Å². The van der Waals surface area contributed by atoms with Gasteiger partial charge in [0.25, 0.3) is 0 Å². The lowest BCUT2D eigenvalue weighted by Crippen LogP contribution is -2.42. The molecule has 0 saturated heterocycles. The Morgan fingerprint density at radius 3 is 2.37 bits per heavy atom. The smallest absolute Gasteiger partial charge is 0.334 e. The summed E-state index contributed by atoms with van der Waals surface area (Å²) in [6, 6.07) is 5.69. The predicted molar refractivity (Wildman–Crippen MR) is 94.2 cm³/mol. The molecule has 3 rings (SSSR count). The maximum atomic E-state index is 12.7. The second-order valence-electron chi connectivity index (χ2n) is 7.15. The lowest BCUT2D eigenvalue weighted by molar-refractivity contribution is -0.185. The van der Waals surface area contributed by atoms with Gasteiger partial charge < -0.3 is 4.90 Å². The van der Waals surface area contributed by atoms with Gasteiger partial charge in [-0.2, -0.15) is 18.3 Å². The van der Waals surface area contributed by atoms with Gasteiger partial charge in [0.05, 0.1) is 5.71 Å². The number of fused-ring (bicyclic) bond motifs is 1. The maximum Gasteiger partial charge on any atom is 0.471 e. The van der Waals surface area contributed by atoms with Crippen molar-refractivity contribution in [3.63, 3.8) is 0 Å². The van der Waals surface area contributed by atoms with E-state index >= 15 is 0 Å². The van der Waals surface area contributed by atoms with E-state index in [4.69, 9.17) is 0 Å². The molecule has 0 aliphatic carbocycles. The van der Waals surface area contributed by atoms with Gasteiger partial charge in [-0.15, -0.1) is 0 Å². The van der Waals surface area contributed by atoms with Crippen molar-refractivity contribution >= 4 is 17.5 Å². The van der Waals surface area contributed by atoms with E-state index in [1.54, 1.807) is 0 Å². The fourth-order valence-corrected chi connectivity index (χ4v) is 3.47. The van der Waals surface area contributed by atoms with Gasteiger partial charge in [-0.25, -0.2) is 5.01 Å². The van der Waals surface area contributed by atoms with Crippen LogP contribution in [0, 0.1) is 0 Å². The van der Waals surface area contributed by atoms with Crippen LogP contribution in [0.3, 0.4) is 0 Å². The van der Waals surface area contributed by atoms with Gasteiger partial charge in [0, 0.05) is 32.0 Å². The summed E-state index contributed by atoms with van der Waals surface area (Å²) in [5, 5.41) is 5.95. The van der Waals surface area contributed by atoms with Crippen molar-refractivity contribution in [2.24, 2.45) is 5.10 Å². The van der Waals surface area contributed by atoms with Gasteiger partial charge in [0.1, 0.15) is 0 Å². The van der Waals surface area contributed by atoms with Gasteiger partial charge >= 0.3 is 12.1 Å². The first-order valence-electron chi connectivity index (χ1n) is 9.04. The summed E-state index contributed by atoms with van der Waals surface area (Å²) in [6.07, 6.45) is -3.15. The molecule has 2 heterocycles. The average Bonchev–Trinajstić information content (AvgIpc) is 2.82. The Morgan fingerprint density at radius 2 is 1.74 bits per heavy atom. The molecule has 2 aliphatic rings. The van der Waals surface area contributed by atoms with E-state index in [1.807, 2.05) is 32.0 Å². The van der Waals surface area contributed by atoms with E-state index < -0.39 is 12.1 Å². The summed E-state index contributed by atoms with van der Waals surface area (Å²) in [6.45, 7) is 3.89. The number of hydrogen-bond donors (Lipinski definition) is 0. The largest absolute Gasteiger partial charge is 0.471 e. The molecule has 0 radical (unpaired) electrons. The molecular formula is C19H22F3N3O2. The van der Waals surface area contributed by atoms with Crippen LogP contribution in [-0.4, -0.2) is 52.7 Å². The minimum absolute atomic E-state index is 0.00943. The van der Waals surface area contributed by atoms with Crippen molar-refractivity contribution in [3.05, 3.63) is 34.9 Å². The molecule has 8 heteroatoms. The minimum Gasteiger partial charge on any atom is -0.334 e. The molecule has 1 aromatic rings. The summed E-state index contributed by atoms with van der Waals surface area (Å²) >= 11 is 0. The zero-order chi connectivity index (χ0) is 19.8. The first-order valence-corrected chi connectivity index (χ1v) is 9.04. The van der Waals surface area contributed by atoms with Crippen molar-refractivity contribution in [1.29, 1.82) is 0 Å². The first-order chi connectivity index (χ1) is 12.7. The zero-order valence-electron chi connectivity index (χ0n) is 15.3. The Kier molecular flexibility index (Phi) is 5.26. The third-order valence-corrected chi connectivity index (χ3v) is 4.92. The van der Waals surface area contributed by atoms with Crippen molar-refractivity contribution in [2.45, 2.75) is 51.7 Å². The number of carbonyl (C=O) groups is 2. The molecule has 5 nitrogen and oxygen atoms in total. The van der Waals surface area contributed by atoms with Crippen molar-refractivity contribution in [2.75, 3.05) is 13.1 Å². The molecule has 0 spiro atoms. The highest BCUT2D eigenvalue weighted by atomic mass is 19.4. The molecule has 0 saturated carbocycles. The SMILES string of the molecule is CC(C)N1N=C(c2ccc3c(c2)CCN(C(=O)C(F)(F)F)CC3)CCC1=O. The Balaban J connectivity index is 1.81. The Bertz CT molecular complexity index is 787. The van der Waals surface area contributed by atoms with Crippen LogP contribution in [0.1, 0.15) is 43.4 Å². The Hall–Kier alpha value is -2.38. The lowest BCUT2D eigenvalue weighted by Gasteiger charge is -2.27. The summed E-state index contributed by atoms with van der Waals surface area (Å²) in [7, 11) is 0. The van der Waals surface area contributed by atoms with Gasteiger partial charge in [-0.1, -0.05) is 12.1 Å². The average molecular weight is 381 g/mol. The number of halogens is 3. The molecule has 0 aromatic heterocycles. The molecular weight excluding hydrogens is 359 g/mol. The summed E-state index contributed by atoms with van der Waals surface area (Å²) in [5.41, 5.74) is 3.56. The van der Waals surface area contributed by atoms with Crippen LogP contribution in [0.2, 0.25) is 0 Å². The second-order valence-corrected chi connectivity index (χ2v) is 7.15. The second kappa shape index (κ2) is 7.32. The maximum absolute atomic E-state index is 12.7. The van der Waals surface area contributed by atoms with E-state index in [9.17, 15) is 22.8 Å². The number of alkyl halides is 3. The lowest BCUT2D eigenvalue weighted by atomic mass is 9.96. The molecule has 0 fully saturated rings. The van der Waals surface area contributed by atoms with Crippen LogP contribution in [0.4, 0.5) is 13.2 Å². The monoisotopic (exact) mass is 381 g/mol. The van der Waals surface area contributed by atoms with E-state index in [0.717, 1.165) is 27.3 Å². The number of carbonyl (C=O) groups excluding carboxylic acids is 2. The molecule has 0 unspecified atom stereocenters. The number of hydrogen-bond acceptors (Lipinski definition) is 3. The van der Waals surface area contributed by atoms with E-state index in [0.29, 0.717) is 25.7 Å². The summed E-state index contributed by atoms with van der Waals surface area (Å²) < 4.78 is 38.1. The normalized spacial score (nSPS) is 18.3. The number of hydrazone groups is 1. The number of rotatable bonds is 2. The number of amides is 2. The minimum atomic E-state index is -4.84. The quantitative estimate of drug-likeness (QED) is 0.791. The highest BCUT2D eigenvalue weighted by molar-refractivity contribution is 6.04. The van der Waals surface area contributed by atoms with E-state index in [1.165, 1.54) is 5.01 Å². The highest BCUT2D eigenvalue weighted by Crippen LogP contribution is 2.24. The fraction of sp³-hybridized carbons (Fsp3) is 0.526. The molecule has 27 heavy (non-hydrogen) atoms. The van der Waals surface area contributed by atoms with Crippen molar-refractivity contribution in [1.82, 2.24) is 9.91 Å². The molecule has 2 amide bonds. The standard InChI is InChI=1S/C19H22F3N3O2/c1-12(2)25-17(26)6-5-16(23-25)15-4-3-13-7-9-24(10-8-14(13)11-15)18(27)19(20,21)22/h3-4,11-12H,5-10H2,1-2H3. The van der Waals surface area contributed by atoms with Crippen LogP contribution in [0.25, 0.3) is 0 Å². The van der Waals surface area contributed by atoms with Gasteiger partial charge in [-0.3, -0.25) is 9.59 Å². The third-order valence-electron chi connectivity index (χ3n) is 4.92. The third kappa shape index (κ3) is 4.14. The van der Waals surface area contributed by atoms with Gasteiger partial charge in [-0.05, 0) is 49.4 Å². The topological polar surface area (TPSA) is 53.0 Å².